The van der Waals surface area contributed by atoms with Crippen molar-refractivity contribution in [2.45, 2.75) is 77.7 Å². The standard InChI is InChI=1S/C20H33NO5Si/c1-7-11-17(14-18(22)23)21(26-27(5,6)20(2,3)4)19(24)25-15-16-12-9-8-10-13-16/h8-10,12-13,17H,7,11,14-15H2,1-6H3,(H,22,23)/t17-/m1/s1. The number of nitrogens with zero attached hydrogens (tertiary/aromatic N) is 1. The molecule has 1 aromatic carbocycles. The van der Waals surface area contributed by atoms with Crippen molar-refractivity contribution in [3.8, 4) is 0 Å². The van der Waals surface area contributed by atoms with Gasteiger partial charge in [0.1, 0.15) is 6.61 Å². The van der Waals surface area contributed by atoms with Crippen molar-refractivity contribution in [1.29, 1.82) is 0 Å². The van der Waals surface area contributed by atoms with Crippen LogP contribution in [-0.2, 0) is 20.7 Å². The number of benzene rings is 1. The molecule has 0 saturated heterocycles. The lowest BCUT2D eigenvalue weighted by atomic mass is 10.1. The molecule has 0 fully saturated rings. The fourth-order valence-electron chi connectivity index (χ4n) is 2.26. The highest BCUT2D eigenvalue weighted by molar-refractivity contribution is 6.74. The molecule has 152 valence electrons. The van der Waals surface area contributed by atoms with Crippen LogP contribution in [0.3, 0.4) is 0 Å². The van der Waals surface area contributed by atoms with E-state index in [9.17, 15) is 14.7 Å². The number of carbonyl (C=O) groups is 2. The lowest BCUT2D eigenvalue weighted by molar-refractivity contribution is -0.143. The first-order chi connectivity index (χ1) is 12.5. The fourth-order valence-corrected chi connectivity index (χ4v) is 3.25. The van der Waals surface area contributed by atoms with Gasteiger partial charge in [0.2, 0.25) is 8.32 Å². The topological polar surface area (TPSA) is 76.1 Å². The van der Waals surface area contributed by atoms with Crippen molar-refractivity contribution in [1.82, 2.24) is 5.06 Å². The summed E-state index contributed by atoms with van der Waals surface area (Å²) < 4.78 is 11.7. The van der Waals surface area contributed by atoms with Crippen LogP contribution in [0.4, 0.5) is 4.79 Å². The van der Waals surface area contributed by atoms with E-state index in [2.05, 4.69) is 20.8 Å². The molecule has 0 aliphatic rings. The normalized spacial score (nSPS) is 13.1. The molecular weight excluding hydrogens is 362 g/mol. The summed E-state index contributed by atoms with van der Waals surface area (Å²) in [6, 6.07) is 8.81. The van der Waals surface area contributed by atoms with Gasteiger partial charge in [-0.3, -0.25) is 4.79 Å². The number of carboxylic acids is 1. The van der Waals surface area contributed by atoms with Gasteiger partial charge in [0.15, 0.2) is 0 Å². The number of hydrogen-bond acceptors (Lipinski definition) is 4. The van der Waals surface area contributed by atoms with E-state index < -0.39 is 26.4 Å². The Hall–Kier alpha value is -1.86. The second kappa shape index (κ2) is 9.89. The minimum atomic E-state index is -2.35. The van der Waals surface area contributed by atoms with Crippen LogP contribution in [0.25, 0.3) is 0 Å². The number of hydrogen-bond donors (Lipinski definition) is 1. The monoisotopic (exact) mass is 395 g/mol. The van der Waals surface area contributed by atoms with E-state index in [1.54, 1.807) is 0 Å². The molecule has 0 bridgehead atoms. The number of aliphatic carboxylic acids is 1. The molecule has 0 spiro atoms. The number of hydroxylamine groups is 2. The summed E-state index contributed by atoms with van der Waals surface area (Å²) >= 11 is 0. The second-order valence-corrected chi connectivity index (χ2v) is 13.0. The van der Waals surface area contributed by atoms with Gasteiger partial charge in [-0.2, -0.15) is 5.06 Å². The third kappa shape index (κ3) is 7.34. The lowest BCUT2D eigenvalue weighted by Crippen LogP contribution is -2.52. The quantitative estimate of drug-likeness (QED) is 0.459. The van der Waals surface area contributed by atoms with Gasteiger partial charge in [0.05, 0.1) is 12.5 Å². The molecule has 1 N–H and O–H groups in total. The molecule has 0 unspecified atom stereocenters. The lowest BCUT2D eigenvalue weighted by Gasteiger charge is -2.41. The Morgan fingerprint density at radius 3 is 2.26 bits per heavy atom. The summed E-state index contributed by atoms with van der Waals surface area (Å²) in [4.78, 5) is 24.2. The average molecular weight is 396 g/mol. The first kappa shape index (κ1) is 23.2. The summed E-state index contributed by atoms with van der Waals surface area (Å²) in [6.07, 6.45) is 0.453. The first-order valence-corrected chi connectivity index (χ1v) is 12.3. The third-order valence-electron chi connectivity index (χ3n) is 4.88. The van der Waals surface area contributed by atoms with Crippen LogP contribution in [0.5, 0.6) is 0 Å². The van der Waals surface area contributed by atoms with Gasteiger partial charge in [-0.05, 0) is 30.1 Å². The highest BCUT2D eigenvalue weighted by atomic mass is 28.4. The molecule has 0 radical (unpaired) electrons. The maximum atomic E-state index is 12.8. The van der Waals surface area contributed by atoms with Crippen molar-refractivity contribution in [2.75, 3.05) is 0 Å². The van der Waals surface area contributed by atoms with Crippen molar-refractivity contribution in [3.63, 3.8) is 0 Å². The number of ether oxygens (including phenoxy) is 1. The van der Waals surface area contributed by atoms with Gasteiger partial charge in [-0.15, -0.1) is 0 Å². The Balaban J connectivity index is 3.03. The molecule has 1 aromatic rings. The zero-order chi connectivity index (χ0) is 20.7. The number of carboxylic acid groups (broad SMARTS) is 1. The smallest absolute Gasteiger partial charge is 0.433 e. The van der Waals surface area contributed by atoms with E-state index in [1.165, 1.54) is 5.06 Å². The largest absolute Gasteiger partial charge is 0.481 e. The highest BCUT2D eigenvalue weighted by Gasteiger charge is 2.43. The van der Waals surface area contributed by atoms with Gasteiger partial charge in [-0.1, -0.05) is 64.4 Å². The fraction of sp³-hybridized carbons (Fsp3) is 0.600. The number of amides is 1. The van der Waals surface area contributed by atoms with Crippen LogP contribution in [-0.4, -0.2) is 36.6 Å². The molecule has 6 nitrogen and oxygen atoms in total. The minimum Gasteiger partial charge on any atom is -0.481 e. The van der Waals surface area contributed by atoms with Gasteiger partial charge >= 0.3 is 12.1 Å². The molecule has 0 aliphatic heterocycles. The van der Waals surface area contributed by atoms with Crippen molar-refractivity contribution in [2.24, 2.45) is 0 Å². The van der Waals surface area contributed by atoms with E-state index in [-0.39, 0.29) is 18.1 Å². The molecule has 0 aromatic heterocycles. The van der Waals surface area contributed by atoms with Gasteiger partial charge in [0.25, 0.3) is 0 Å². The van der Waals surface area contributed by atoms with Crippen molar-refractivity contribution >= 4 is 20.4 Å². The summed E-state index contributed by atoms with van der Waals surface area (Å²) in [5.74, 6) is -0.965. The summed E-state index contributed by atoms with van der Waals surface area (Å²) in [7, 11) is -2.35. The Kier molecular flexibility index (Phi) is 8.49. The molecule has 0 aliphatic carbocycles. The van der Waals surface area contributed by atoms with Crippen LogP contribution in [0.1, 0.15) is 52.5 Å². The molecule has 1 amide bonds. The number of rotatable bonds is 9. The molecule has 1 rings (SSSR count). The molecule has 7 heteroatoms. The van der Waals surface area contributed by atoms with Crippen molar-refractivity contribution in [3.05, 3.63) is 35.9 Å². The Morgan fingerprint density at radius 1 is 1.19 bits per heavy atom. The Labute approximate surface area is 163 Å². The van der Waals surface area contributed by atoms with E-state index in [1.807, 2.05) is 50.3 Å². The predicted octanol–water partition coefficient (Wildman–Crippen LogP) is 5.21. The summed E-state index contributed by atoms with van der Waals surface area (Å²) in [6.45, 7) is 12.3. The SMILES string of the molecule is CCC[C@H](CC(=O)O)N(O[Si](C)(C)C(C)(C)C)C(=O)OCc1ccccc1. The van der Waals surface area contributed by atoms with E-state index >= 15 is 0 Å². The zero-order valence-electron chi connectivity index (χ0n) is 17.3. The molecule has 0 heterocycles. The molecular formula is C20H33NO5Si. The minimum absolute atomic E-state index is 0.114. The maximum Gasteiger partial charge on any atom is 0.433 e. The van der Waals surface area contributed by atoms with Gasteiger partial charge < -0.3 is 14.4 Å². The summed E-state index contributed by atoms with van der Waals surface area (Å²) in [5, 5.41) is 10.3. The highest BCUT2D eigenvalue weighted by Crippen LogP contribution is 2.38. The third-order valence-corrected chi connectivity index (χ3v) is 9.15. The van der Waals surface area contributed by atoms with Crippen LogP contribution in [0.2, 0.25) is 18.1 Å². The van der Waals surface area contributed by atoms with Crippen LogP contribution < -0.4 is 0 Å². The first-order valence-electron chi connectivity index (χ1n) is 9.38. The zero-order valence-corrected chi connectivity index (χ0v) is 18.3. The van der Waals surface area contributed by atoms with Crippen LogP contribution in [0, 0.1) is 0 Å². The predicted molar refractivity (Wildman–Crippen MR) is 108 cm³/mol. The second-order valence-electron chi connectivity index (χ2n) is 8.26. The molecule has 0 saturated carbocycles. The molecule has 27 heavy (non-hydrogen) atoms. The molecule has 1 atom stereocenters. The number of carbonyl (C=O) groups excluding carboxylic acids is 1. The van der Waals surface area contributed by atoms with E-state index in [0.717, 1.165) is 12.0 Å². The van der Waals surface area contributed by atoms with Crippen LogP contribution in [0.15, 0.2) is 30.3 Å². The summed E-state index contributed by atoms with van der Waals surface area (Å²) in [5.41, 5.74) is 0.864. The van der Waals surface area contributed by atoms with E-state index in [4.69, 9.17) is 9.26 Å². The van der Waals surface area contributed by atoms with Gasteiger partial charge in [0, 0.05) is 0 Å². The van der Waals surface area contributed by atoms with Crippen molar-refractivity contribution < 1.29 is 24.0 Å². The Morgan fingerprint density at radius 2 is 1.78 bits per heavy atom. The van der Waals surface area contributed by atoms with E-state index in [0.29, 0.717) is 6.42 Å². The maximum absolute atomic E-state index is 12.8. The van der Waals surface area contributed by atoms with Crippen LogP contribution >= 0.6 is 0 Å². The van der Waals surface area contributed by atoms with Gasteiger partial charge in [-0.25, -0.2) is 4.79 Å². The Bertz CT molecular complexity index is 613. The average Bonchev–Trinajstić information content (AvgIpc) is 2.57.